The fraction of sp³-hybridized carbons (Fsp3) is 0.636. The molecule has 86 valence electrons. The van der Waals surface area contributed by atoms with Gasteiger partial charge < -0.3 is 14.4 Å². The van der Waals surface area contributed by atoms with Crippen LogP contribution in [0.3, 0.4) is 0 Å². The summed E-state index contributed by atoms with van der Waals surface area (Å²) in [7, 11) is 0. The van der Waals surface area contributed by atoms with Gasteiger partial charge in [0.2, 0.25) is 0 Å². The molecule has 2 aliphatic heterocycles. The normalized spacial score (nSPS) is 23.9. The first-order valence-corrected chi connectivity index (χ1v) is 5.67. The van der Waals surface area contributed by atoms with E-state index in [0.29, 0.717) is 0 Å². The molecule has 0 N–H and O–H groups in total. The molecule has 2 fully saturated rings. The molecule has 0 amide bonds. The van der Waals surface area contributed by atoms with Gasteiger partial charge >= 0.3 is 0 Å². The Balaban J connectivity index is 1.66. The van der Waals surface area contributed by atoms with E-state index in [4.69, 9.17) is 9.47 Å². The maximum absolute atomic E-state index is 5.68. The van der Waals surface area contributed by atoms with Gasteiger partial charge in [-0.05, 0) is 6.07 Å². The van der Waals surface area contributed by atoms with Gasteiger partial charge in [0.25, 0.3) is 0 Å². The molecular formula is C11H15N3O2. The number of piperidine rings is 1. The molecule has 0 atom stereocenters. The molecule has 16 heavy (non-hydrogen) atoms. The van der Waals surface area contributed by atoms with E-state index >= 15 is 0 Å². The number of nitrogens with zero attached hydrogens (tertiary/aromatic N) is 3. The van der Waals surface area contributed by atoms with Crippen molar-refractivity contribution in [3.05, 3.63) is 18.6 Å². The summed E-state index contributed by atoms with van der Waals surface area (Å²) < 4.78 is 11.4. The zero-order valence-corrected chi connectivity index (χ0v) is 9.13. The van der Waals surface area contributed by atoms with Crippen molar-refractivity contribution in [2.24, 2.45) is 0 Å². The molecule has 0 aromatic carbocycles. The van der Waals surface area contributed by atoms with Crippen molar-refractivity contribution in [3.63, 3.8) is 0 Å². The van der Waals surface area contributed by atoms with Gasteiger partial charge in [0, 0.05) is 32.1 Å². The summed E-state index contributed by atoms with van der Waals surface area (Å²) in [4.78, 5) is 10.4. The van der Waals surface area contributed by atoms with Gasteiger partial charge in [-0.2, -0.15) is 0 Å². The molecule has 0 bridgehead atoms. The molecule has 0 unspecified atom stereocenters. The van der Waals surface area contributed by atoms with Gasteiger partial charge in [-0.3, -0.25) is 0 Å². The van der Waals surface area contributed by atoms with Gasteiger partial charge in [-0.15, -0.1) is 0 Å². The van der Waals surface area contributed by atoms with Crippen LogP contribution in [0.15, 0.2) is 18.6 Å². The lowest BCUT2D eigenvalue weighted by Gasteiger charge is -2.37. The van der Waals surface area contributed by atoms with E-state index in [-0.39, 0.29) is 5.79 Å². The molecule has 0 aliphatic carbocycles. The molecule has 2 aliphatic rings. The van der Waals surface area contributed by atoms with Crippen LogP contribution in [-0.4, -0.2) is 42.1 Å². The van der Waals surface area contributed by atoms with Crippen molar-refractivity contribution in [3.8, 4) is 0 Å². The summed E-state index contributed by atoms with van der Waals surface area (Å²) in [6.45, 7) is 3.31. The van der Waals surface area contributed by atoms with Crippen LogP contribution >= 0.6 is 0 Å². The van der Waals surface area contributed by atoms with Crippen LogP contribution < -0.4 is 4.90 Å². The Hall–Kier alpha value is -1.20. The second kappa shape index (κ2) is 3.99. The Morgan fingerprint density at radius 2 is 1.94 bits per heavy atom. The summed E-state index contributed by atoms with van der Waals surface area (Å²) in [5.74, 6) is 0.687. The van der Waals surface area contributed by atoms with Crippen molar-refractivity contribution >= 4 is 5.82 Å². The fourth-order valence-corrected chi connectivity index (χ4v) is 2.33. The van der Waals surface area contributed by atoms with Crippen LogP contribution in [-0.2, 0) is 9.47 Å². The fourth-order valence-electron chi connectivity index (χ4n) is 2.33. The van der Waals surface area contributed by atoms with Crippen molar-refractivity contribution in [1.82, 2.24) is 9.97 Å². The molecule has 3 rings (SSSR count). The Labute approximate surface area is 94.4 Å². The average Bonchev–Trinajstić information content (AvgIpc) is 2.80. The number of ether oxygens (including phenoxy) is 2. The average molecular weight is 221 g/mol. The topological polar surface area (TPSA) is 47.5 Å². The number of aromatic nitrogens is 2. The summed E-state index contributed by atoms with van der Waals surface area (Å²) in [5.41, 5.74) is 0. The molecule has 0 saturated carbocycles. The maximum Gasteiger partial charge on any atom is 0.171 e. The van der Waals surface area contributed by atoms with E-state index < -0.39 is 0 Å². The number of hydrogen-bond donors (Lipinski definition) is 0. The molecule has 1 aromatic heterocycles. The van der Waals surface area contributed by atoms with Crippen LogP contribution in [0.4, 0.5) is 5.82 Å². The molecule has 1 spiro atoms. The zero-order valence-electron chi connectivity index (χ0n) is 9.13. The number of hydrogen-bond acceptors (Lipinski definition) is 5. The number of rotatable bonds is 1. The maximum atomic E-state index is 5.68. The highest BCUT2D eigenvalue weighted by atomic mass is 16.7. The predicted octanol–water partition coefficient (Wildman–Crippen LogP) is 0.820. The monoisotopic (exact) mass is 221 g/mol. The van der Waals surface area contributed by atoms with E-state index in [0.717, 1.165) is 45.0 Å². The SMILES string of the molecule is c1cc(N2CCC3(CC2)OCCO3)ncn1. The highest BCUT2D eigenvalue weighted by Crippen LogP contribution is 2.32. The Morgan fingerprint density at radius 1 is 1.19 bits per heavy atom. The lowest BCUT2D eigenvalue weighted by Crippen LogP contribution is -2.45. The van der Waals surface area contributed by atoms with Crippen LogP contribution in [0.5, 0.6) is 0 Å². The minimum absolute atomic E-state index is 0.302. The first-order valence-electron chi connectivity index (χ1n) is 5.67. The van der Waals surface area contributed by atoms with E-state index in [1.165, 1.54) is 0 Å². The number of anilines is 1. The van der Waals surface area contributed by atoms with Gasteiger partial charge in [-0.25, -0.2) is 9.97 Å². The third-order valence-electron chi connectivity index (χ3n) is 3.23. The molecular weight excluding hydrogens is 206 g/mol. The second-order valence-electron chi connectivity index (χ2n) is 4.16. The van der Waals surface area contributed by atoms with Gasteiger partial charge in [0.05, 0.1) is 13.2 Å². The lowest BCUT2D eigenvalue weighted by atomic mass is 10.0. The van der Waals surface area contributed by atoms with E-state index in [1.54, 1.807) is 12.5 Å². The Kier molecular flexibility index (Phi) is 2.49. The molecule has 0 radical (unpaired) electrons. The van der Waals surface area contributed by atoms with Crippen molar-refractivity contribution in [2.75, 3.05) is 31.2 Å². The van der Waals surface area contributed by atoms with Crippen molar-refractivity contribution in [1.29, 1.82) is 0 Å². The van der Waals surface area contributed by atoms with E-state index in [2.05, 4.69) is 14.9 Å². The lowest BCUT2D eigenvalue weighted by molar-refractivity contribution is -0.169. The first kappa shape index (κ1) is 9.99. The van der Waals surface area contributed by atoms with Crippen LogP contribution in [0, 0.1) is 0 Å². The van der Waals surface area contributed by atoms with Gasteiger partial charge in [0.15, 0.2) is 5.79 Å². The third-order valence-corrected chi connectivity index (χ3v) is 3.23. The molecule has 5 heteroatoms. The molecule has 3 heterocycles. The summed E-state index contributed by atoms with van der Waals surface area (Å²) in [6.07, 6.45) is 5.19. The zero-order chi connectivity index (χ0) is 10.8. The highest BCUT2D eigenvalue weighted by Gasteiger charge is 2.39. The summed E-state index contributed by atoms with van der Waals surface area (Å²) >= 11 is 0. The molecule has 5 nitrogen and oxygen atoms in total. The van der Waals surface area contributed by atoms with Crippen molar-refractivity contribution in [2.45, 2.75) is 18.6 Å². The standard InChI is InChI=1S/C11H15N3O2/c1-4-12-9-13-10(1)14-5-2-11(3-6-14)15-7-8-16-11/h1,4,9H,2-3,5-8H2. The minimum Gasteiger partial charge on any atom is -0.356 e. The molecule has 2 saturated heterocycles. The van der Waals surface area contributed by atoms with E-state index in [9.17, 15) is 0 Å². The van der Waals surface area contributed by atoms with Crippen LogP contribution in [0.25, 0.3) is 0 Å². The highest BCUT2D eigenvalue weighted by molar-refractivity contribution is 5.37. The van der Waals surface area contributed by atoms with Crippen LogP contribution in [0.2, 0.25) is 0 Å². The smallest absolute Gasteiger partial charge is 0.171 e. The summed E-state index contributed by atoms with van der Waals surface area (Å²) in [5, 5.41) is 0. The van der Waals surface area contributed by atoms with Crippen molar-refractivity contribution < 1.29 is 9.47 Å². The Morgan fingerprint density at radius 3 is 2.56 bits per heavy atom. The minimum atomic E-state index is -0.302. The second-order valence-corrected chi connectivity index (χ2v) is 4.16. The summed E-state index contributed by atoms with van der Waals surface area (Å²) in [6, 6.07) is 1.94. The first-order chi connectivity index (χ1) is 7.88. The van der Waals surface area contributed by atoms with Crippen LogP contribution in [0.1, 0.15) is 12.8 Å². The Bertz CT molecular complexity index is 342. The third kappa shape index (κ3) is 1.76. The van der Waals surface area contributed by atoms with Gasteiger partial charge in [0.1, 0.15) is 12.1 Å². The molecule has 1 aromatic rings. The largest absolute Gasteiger partial charge is 0.356 e. The predicted molar refractivity (Wildman–Crippen MR) is 58.1 cm³/mol. The van der Waals surface area contributed by atoms with Gasteiger partial charge in [-0.1, -0.05) is 0 Å². The van der Waals surface area contributed by atoms with E-state index in [1.807, 2.05) is 6.07 Å². The quantitative estimate of drug-likeness (QED) is 0.702.